The third kappa shape index (κ3) is 4.94. The zero-order valence-corrected chi connectivity index (χ0v) is 14.5. The second-order valence-corrected chi connectivity index (χ2v) is 7.97. The molecule has 7 heteroatoms. The van der Waals surface area contributed by atoms with Gasteiger partial charge in [-0.15, -0.1) is 11.3 Å². The van der Waals surface area contributed by atoms with Crippen molar-refractivity contribution in [3.8, 4) is 0 Å². The lowest BCUT2D eigenvalue weighted by atomic mass is 10.1. The molecule has 0 aliphatic carbocycles. The van der Waals surface area contributed by atoms with Gasteiger partial charge in [-0.1, -0.05) is 6.42 Å². The summed E-state index contributed by atoms with van der Waals surface area (Å²) in [6, 6.07) is 0.298. The standard InChI is InChI=1S/C15H24N4OS2/c20-14(8-12-10-21-7-4-16-12)18-15-17-13(11-22-15)9-19-5-2-1-3-6-19/h11-12,16H,1-10H2,(H,17,18,20). The lowest BCUT2D eigenvalue weighted by Gasteiger charge is -2.25. The van der Waals surface area contributed by atoms with Crippen LogP contribution < -0.4 is 10.6 Å². The molecule has 2 saturated heterocycles. The molecule has 3 rings (SSSR count). The molecule has 1 aromatic heterocycles. The van der Waals surface area contributed by atoms with Crippen molar-refractivity contribution < 1.29 is 4.79 Å². The van der Waals surface area contributed by atoms with Crippen LogP contribution in [0.15, 0.2) is 5.38 Å². The van der Waals surface area contributed by atoms with Gasteiger partial charge in [0, 0.05) is 42.4 Å². The minimum absolute atomic E-state index is 0.0684. The van der Waals surface area contributed by atoms with Crippen LogP contribution in [0, 0.1) is 0 Å². The van der Waals surface area contributed by atoms with Gasteiger partial charge < -0.3 is 10.6 Å². The molecule has 2 aliphatic rings. The van der Waals surface area contributed by atoms with Crippen LogP contribution in [0.3, 0.4) is 0 Å². The molecule has 3 heterocycles. The number of likely N-dealkylation sites (tertiary alicyclic amines) is 1. The predicted molar refractivity (Wildman–Crippen MR) is 93.6 cm³/mol. The maximum Gasteiger partial charge on any atom is 0.227 e. The maximum atomic E-state index is 12.1. The van der Waals surface area contributed by atoms with E-state index in [1.54, 1.807) is 0 Å². The average molecular weight is 341 g/mol. The normalized spacial score (nSPS) is 23.4. The number of carbonyl (C=O) groups is 1. The molecule has 1 unspecified atom stereocenters. The average Bonchev–Trinajstić information content (AvgIpc) is 2.96. The fourth-order valence-corrected chi connectivity index (χ4v) is 4.60. The summed E-state index contributed by atoms with van der Waals surface area (Å²) in [5.74, 6) is 2.23. The topological polar surface area (TPSA) is 57.3 Å². The zero-order chi connectivity index (χ0) is 15.2. The maximum absolute atomic E-state index is 12.1. The Bertz CT molecular complexity index is 482. The van der Waals surface area contributed by atoms with Gasteiger partial charge in [-0.3, -0.25) is 9.69 Å². The number of nitrogens with one attached hydrogen (secondary N) is 2. The summed E-state index contributed by atoms with van der Waals surface area (Å²) in [5.41, 5.74) is 1.08. The summed E-state index contributed by atoms with van der Waals surface area (Å²) in [6.07, 6.45) is 4.47. The lowest BCUT2D eigenvalue weighted by Crippen LogP contribution is -2.39. The van der Waals surface area contributed by atoms with Crippen molar-refractivity contribution in [1.29, 1.82) is 0 Å². The van der Waals surface area contributed by atoms with Crippen molar-refractivity contribution >= 4 is 34.1 Å². The number of hydrogen-bond acceptors (Lipinski definition) is 6. The Balaban J connectivity index is 1.45. The Hall–Kier alpha value is -0.630. The molecule has 1 aromatic rings. The SMILES string of the molecule is O=C(CC1CSCCN1)Nc1nc(CN2CCCCC2)cs1. The van der Waals surface area contributed by atoms with Crippen LogP contribution in [0.4, 0.5) is 5.13 Å². The smallest absolute Gasteiger partial charge is 0.227 e. The molecule has 0 bridgehead atoms. The molecule has 5 nitrogen and oxygen atoms in total. The van der Waals surface area contributed by atoms with E-state index in [1.807, 2.05) is 11.8 Å². The first-order valence-corrected chi connectivity index (χ1v) is 10.1. The Labute approximate surface area is 140 Å². The highest BCUT2D eigenvalue weighted by Gasteiger charge is 2.18. The first kappa shape index (κ1) is 16.2. The van der Waals surface area contributed by atoms with Crippen LogP contribution in [0.2, 0.25) is 0 Å². The monoisotopic (exact) mass is 340 g/mol. The number of anilines is 1. The van der Waals surface area contributed by atoms with Crippen molar-refractivity contribution in [3.05, 3.63) is 11.1 Å². The largest absolute Gasteiger partial charge is 0.312 e. The van der Waals surface area contributed by atoms with Crippen molar-refractivity contribution in [2.24, 2.45) is 0 Å². The van der Waals surface area contributed by atoms with E-state index in [0.717, 1.165) is 35.4 Å². The van der Waals surface area contributed by atoms with Gasteiger partial charge in [0.25, 0.3) is 0 Å². The second kappa shape index (κ2) is 8.29. The molecular formula is C15H24N4OS2. The number of rotatable bonds is 5. The third-order valence-corrected chi connectivity index (χ3v) is 6.00. The summed E-state index contributed by atoms with van der Waals surface area (Å²) in [5, 5.41) is 9.14. The number of nitrogens with zero attached hydrogens (tertiary/aromatic N) is 2. The quantitative estimate of drug-likeness (QED) is 0.860. The Kier molecular flexibility index (Phi) is 6.12. The fraction of sp³-hybridized carbons (Fsp3) is 0.733. The lowest BCUT2D eigenvalue weighted by molar-refractivity contribution is -0.116. The molecule has 22 heavy (non-hydrogen) atoms. The minimum atomic E-state index is 0.0684. The molecule has 0 aromatic carbocycles. The molecule has 0 radical (unpaired) electrons. The first-order valence-electron chi connectivity index (χ1n) is 8.07. The molecule has 0 saturated carbocycles. The van der Waals surface area contributed by atoms with Gasteiger partial charge in [0.2, 0.25) is 5.91 Å². The van der Waals surface area contributed by atoms with Crippen LogP contribution in [0.25, 0.3) is 0 Å². The van der Waals surface area contributed by atoms with Gasteiger partial charge >= 0.3 is 0 Å². The molecule has 2 aliphatic heterocycles. The van der Waals surface area contributed by atoms with Crippen LogP contribution in [-0.2, 0) is 11.3 Å². The van der Waals surface area contributed by atoms with E-state index in [0.29, 0.717) is 12.5 Å². The number of hydrogen-bond donors (Lipinski definition) is 2. The Morgan fingerprint density at radius 1 is 1.41 bits per heavy atom. The van der Waals surface area contributed by atoms with E-state index in [4.69, 9.17) is 0 Å². The van der Waals surface area contributed by atoms with Gasteiger partial charge in [-0.25, -0.2) is 4.98 Å². The van der Waals surface area contributed by atoms with E-state index in [1.165, 1.54) is 43.7 Å². The van der Waals surface area contributed by atoms with Gasteiger partial charge in [0.1, 0.15) is 0 Å². The van der Waals surface area contributed by atoms with Crippen molar-refractivity contribution in [3.63, 3.8) is 0 Å². The molecule has 0 spiro atoms. The first-order chi connectivity index (χ1) is 10.8. The number of amides is 1. The fourth-order valence-electron chi connectivity index (χ4n) is 2.93. The van der Waals surface area contributed by atoms with Crippen molar-refractivity contribution in [2.75, 3.05) is 36.5 Å². The molecule has 1 amide bonds. The highest BCUT2D eigenvalue weighted by atomic mass is 32.2. The molecule has 2 fully saturated rings. The predicted octanol–water partition coefficient (Wildman–Crippen LogP) is 2.16. The van der Waals surface area contributed by atoms with Gasteiger partial charge in [-0.05, 0) is 25.9 Å². The summed E-state index contributed by atoms with van der Waals surface area (Å²) in [6.45, 7) is 4.25. The van der Waals surface area contributed by atoms with Crippen LogP contribution >= 0.6 is 23.1 Å². The number of aromatic nitrogens is 1. The number of thiazole rings is 1. The van der Waals surface area contributed by atoms with Gasteiger partial charge in [-0.2, -0.15) is 11.8 Å². The Morgan fingerprint density at radius 3 is 3.05 bits per heavy atom. The number of carbonyl (C=O) groups excluding carboxylic acids is 1. The Morgan fingerprint density at radius 2 is 2.27 bits per heavy atom. The summed E-state index contributed by atoms with van der Waals surface area (Å²) in [4.78, 5) is 19.1. The minimum Gasteiger partial charge on any atom is -0.312 e. The van der Waals surface area contributed by atoms with Crippen LogP contribution in [0.1, 0.15) is 31.4 Å². The summed E-state index contributed by atoms with van der Waals surface area (Å²) in [7, 11) is 0. The van der Waals surface area contributed by atoms with Gasteiger partial charge in [0.05, 0.1) is 5.69 Å². The summed E-state index contributed by atoms with van der Waals surface area (Å²) >= 11 is 3.45. The van der Waals surface area contributed by atoms with Crippen molar-refractivity contribution in [1.82, 2.24) is 15.2 Å². The second-order valence-electron chi connectivity index (χ2n) is 5.96. The molecular weight excluding hydrogens is 316 g/mol. The molecule has 2 N–H and O–H groups in total. The highest BCUT2D eigenvalue weighted by molar-refractivity contribution is 7.99. The van der Waals surface area contributed by atoms with E-state index in [2.05, 4.69) is 25.9 Å². The zero-order valence-electron chi connectivity index (χ0n) is 12.8. The van der Waals surface area contributed by atoms with E-state index in [9.17, 15) is 4.79 Å². The summed E-state index contributed by atoms with van der Waals surface area (Å²) < 4.78 is 0. The molecule has 1 atom stereocenters. The number of thioether (sulfide) groups is 1. The van der Waals surface area contributed by atoms with E-state index < -0.39 is 0 Å². The van der Waals surface area contributed by atoms with E-state index >= 15 is 0 Å². The number of piperidine rings is 1. The van der Waals surface area contributed by atoms with Crippen LogP contribution in [0.5, 0.6) is 0 Å². The third-order valence-electron chi connectivity index (χ3n) is 4.06. The van der Waals surface area contributed by atoms with Gasteiger partial charge in [0.15, 0.2) is 5.13 Å². The van der Waals surface area contributed by atoms with Crippen molar-refractivity contribution in [2.45, 2.75) is 38.3 Å². The van der Waals surface area contributed by atoms with Crippen LogP contribution in [-0.4, -0.2) is 53.0 Å². The molecule has 122 valence electrons. The van der Waals surface area contributed by atoms with E-state index in [-0.39, 0.29) is 5.91 Å². The highest BCUT2D eigenvalue weighted by Crippen LogP contribution is 2.19.